The summed E-state index contributed by atoms with van der Waals surface area (Å²) >= 11 is 0. The molecule has 0 aromatic heterocycles. The van der Waals surface area contributed by atoms with Crippen molar-refractivity contribution in [2.45, 2.75) is 18.9 Å². The molecule has 0 saturated carbocycles. The van der Waals surface area contributed by atoms with E-state index in [1.54, 1.807) is 18.2 Å². The summed E-state index contributed by atoms with van der Waals surface area (Å²) in [6, 6.07) is 4.95. The second-order valence-electron chi connectivity index (χ2n) is 4.12. The average molecular weight is 249 g/mol. The summed E-state index contributed by atoms with van der Waals surface area (Å²) in [6.07, 6.45) is 1.39. The Morgan fingerprint density at radius 1 is 1.28 bits per heavy atom. The highest BCUT2D eigenvalue weighted by molar-refractivity contribution is 5.90. The summed E-state index contributed by atoms with van der Waals surface area (Å²) in [5.41, 5.74) is 2.40. The normalized spacial score (nSPS) is 17.3. The first kappa shape index (κ1) is 12.4. The van der Waals surface area contributed by atoms with Crippen molar-refractivity contribution < 1.29 is 19.1 Å². The van der Waals surface area contributed by atoms with Crippen LogP contribution in [-0.2, 0) is 20.7 Å². The van der Waals surface area contributed by atoms with Crippen LogP contribution < -0.4 is 5.32 Å². The highest BCUT2D eigenvalue weighted by atomic mass is 16.5. The van der Waals surface area contributed by atoms with Gasteiger partial charge in [0.25, 0.3) is 0 Å². The van der Waals surface area contributed by atoms with E-state index >= 15 is 0 Å². The van der Waals surface area contributed by atoms with Crippen molar-refractivity contribution in [2.75, 3.05) is 19.5 Å². The molecule has 1 unspecified atom stereocenters. The van der Waals surface area contributed by atoms with Crippen LogP contribution in [0.1, 0.15) is 22.3 Å². The number of fused-ring (bicyclic) bond motifs is 1. The first-order valence-electron chi connectivity index (χ1n) is 5.71. The van der Waals surface area contributed by atoms with Gasteiger partial charge in [0, 0.05) is 5.69 Å². The van der Waals surface area contributed by atoms with E-state index < -0.39 is 0 Å². The van der Waals surface area contributed by atoms with Crippen LogP contribution in [0.4, 0.5) is 5.69 Å². The molecule has 1 atom stereocenters. The zero-order valence-corrected chi connectivity index (χ0v) is 10.4. The zero-order valence-electron chi connectivity index (χ0n) is 10.4. The molecule has 0 aliphatic carbocycles. The van der Waals surface area contributed by atoms with E-state index in [9.17, 15) is 9.59 Å². The maximum atomic E-state index is 11.4. The van der Waals surface area contributed by atoms with E-state index in [4.69, 9.17) is 4.74 Å². The first-order chi connectivity index (χ1) is 8.65. The van der Waals surface area contributed by atoms with Crippen LogP contribution in [0.15, 0.2) is 18.2 Å². The van der Waals surface area contributed by atoms with Gasteiger partial charge in [-0.15, -0.1) is 0 Å². The van der Waals surface area contributed by atoms with Crippen molar-refractivity contribution in [3.63, 3.8) is 0 Å². The van der Waals surface area contributed by atoms with Crippen LogP contribution in [0, 0.1) is 0 Å². The van der Waals surface area contributed by atoms with Gasteiger partial charge in [0.15, 0.2) is 0 Å². The predicted octanol–water partition coefficient (Wildman–Crippen LogP) is 1.37. The summed E-state index contributed by atoms with van der Waals surface area (Å²) in [5.74, 6) is -0.620. The van der Waals surface area contributed by atoms with Crippen LogP contribution in [0.25, 0.3) is 0 Å². The highest BCUT2D eigenvalue weighted by Crippen LogP contribution is 2.26. The lowest BCUT2D eigenvalue weighted by Crippen LogP contribution is -2.34. The Morgan fingerprint density at radius 2 is 2.06 bits per heavy atom. The molecule has 1 heterocycles. The molecular formula is C13H15NO4. The molecule has 1 aliphatic rings. The minimum Gasteiger partial charge on any atom is -0.467 e. The summed E-state index contributed by atoms with van der Waals surface area (Å²) in [5, 5.41) is 3.11. The minimum atomic E-state index is -0.354. The van der Waals surface area contributed by atoms with E-state index in [0.717, 1.165) is 17.7 Å². The fourth-order valence-electron chi connectivity index (χ4n) is 2.06. The Kier molecular flexibility index (Phi) is 3.50. The van der Waals surface area contributed by atoms with Crippen LogP contribution in [-0.4, -0.2) is 32.2 Å². The topological polar surface area (TPSA) is 64.6 Å². The van der Waals surface area contributed by atoms with E-state index in [0.29, 0.717) is 12.0 Å². The maximum Gasteiger partial charge on any atom is 0.337 e. The third-order valence-corrected chi connectivity index (χ3v) is 3.04. The SMILES string of the molecule is COC(=O)c1ccc2c(c1)CCC(C(=O)OC)N2. The minimum absolute atomic E-state index is 0.266. The number of ether oxygens (including phenoxy) is 2. The van der Waals surface area contributed by atoms with Gasteiger partial charge in [-0.25, -0.2) is 9.59 Å². The second kappa shape index (κ2) is 5.08. The van der Waals surface area contributed by atoms with Crippen molar-refractivity contribution in [2.24, 2.45) is 0 Å². The van der Waals surface area contributed by atoms with Gasteiger partial charge in [-0.2, -0.15) is 0 Å². The van der Waals surface area contributed by atoms with Gasteiger partial charge in [0.1, 0.15) is 6.04 Å². The monoisotopic (exact) mass is 249 g/mol. The third kappa shape index (κ3) is 2.30. The lowest BCUT2D eigenvalue weighted by atomic mass is 9.96. The molecule has 0 spiro atoms. The Bertz CT molecular complexity index is 484. The molecule has 96 valence electrons. The second-order valence-corrected chi connectivity index (χ2v) is 4.12. The molecule has 1 aliphatic heterocycles. The summed E-state index contributed by atoms with van der Waals surface area (Å²) < 4.78 is 9.38. The number of carbonyl (C=O) groups is 2. The number of hydrogen-bond donors (Lipinski definition) is 1. The predicted molar refractivity (Wildman–Crippen MR) is 65.5 cm³/mol. The number of rotatable bonds is 2. The number of nitrogens with one attached hydrogen (secondary N) is 1. The summed E-state index contributed by atoms with van der Waals surface area (Å²) in [4.78, 5) is 22.8. The van der Waals surface area contributed by atoms with Crippen molar-refractivity contribution in [1.82, 2.24) is 0 Å². The maximum absolute atomic E-state index is 11.4. The molecule has 2 rings (SSSR count). The fourth-order valence-corrected chi connectivity index (χ4v) is 2.06. The van der Waals surface area contributed by atoms with Gasteiger partial charge in [0.05, 0.1) is 19.8 Å². The van der Waals surface area contributed by atoms with Gasteiger partial charge in [-0.1, -0.05) is 0 Å². The number of benzene rings is 1. The molecule has 0 fully saturated rings. The number of anilines is 1. The van der Waals surface area contributed by atoms with Gasteiger partial charge in [0.2, 0.25) is 0 Å². The number of hydrogen-bond acceptors (Lipinski definition) is 5. The van der Waals surface area contributed by atoms with Crippen molar-refractivity contribution in [1.29, 1.82) is 0 Å². The summed E-state index contributed by atoms with van der Waals surface area (Å²) in [6.45, 7) is 0. The standard InChI is InChI=1S/C13H15NO4/c1-17-12(15)9-4-5-10-8(7-9)3-6-11(14-10)13(16)18-2/h4-5,7,11,14H,3,6H2,1-2H3. The lowest BCUT2D eigenvalue weighted by Gasteiger charge is -2.25. The first-order valence-corrected chi connectivity index (χ1v) is 5.71. The molecule has 1 N–H and O–H groups in total. The smallest absolute Gasteiger partial charge is 0.337 e. The number of carbonyl (C=O) groups excluding carboxylic acids is 2. The molecule has 0 amide bonds. The molecular weight excluding hydrogens is 234 g/mol. The Hall–Kier alpha value is -2.04. The molecule has 5 nitrogen and oxygen atoms in total. The lowest BCUT2D eigenvalue weighted by molar-refractivity contribution is -0.141. The van der Waals surface area contributed by atoms with Crippen LogP contribution >= 0.6 is 0 Å². The molecule has 18 heavy (non-hydrogen) atoms. The fraction of sp³-hybridized carbons (Fsp3) is 0.385. The molecule has 1 aromatic rings. The summed E-state index contributed by atoms with van der Waals surface area (Å²) in [7, 11) is 2.73. The third-order valence-electron chi connectivity index (χ3n) is 3.04. The molecule has 0 bridgehead atoms. The molecule has 5 heteroatoms. The van der Waals surface area contributed by atoms with Crippen LogP contribution in [0.3, 0.4) is 0 Å². The quantitative estimate of drug-likeness (QED) is 0.802. The number of aryl methyl sites for hydroxylation is 1. The highest BCUT2D eigenvalue weighted by Gasteiger charge is 2.25. The van der Waals surface area contributed by atoms with E-state index in [2.05, 4.69) is 10.1 Å². The number of esters is 2. The Balaban J connectivity index is 2.20. The van der Waals surface area contributed by atoms with Gasteiger partial charge in [-0.05, 0) is 36.6 Å². The van der Waals surface area contributed by atoms with E-state index in [-0.39, 0.29) is 18.0 Å². The number of methoxy groups -OCH3 is 2. The van der Waals surface area contributed by atoms with Crippen molar-refractivity contribution in [3.8, 4) is 0 Å². The van der Waals surface area contributed by atoms with E-state index in [1.165, 1.54) is 14.2 Å². The Morgan fingerprint density at radius 3 is 2.72 bits per heavy atom. The molecule has 1 aromatic carbocycles. The van der Waals surface area contributed by atoms with E-state index in [1.807, 2.05) is 0 Å². The van der Waals surface area contributed by atoms with Gasteiger partial charge < -0.3 is 14.8 Å². The molecule has 0 radical (unpaired) electrons. The van der Waals surface area contributed by atoms with Gasteiger partial charge >= 0.3 is 11.9 Å². The van der Waals surface area contributed by atoms with Crippen molar-refractivity contribution in [3.05, 3.63) is 29.3 Å². The Labute approximate surface area is 105 Å². The van der Waals surface area contributed by atoms with Crippen LogP contribution in [0.2, 0.25) is 0 Å². The van der Waals surface area contributed by atoms with Gasteiger partial charge in [-0.3, -0.25) is 0 Å². The van der Waals surface area contributed by atoms with Crippen molar-refractivity contribution >= 4 is 17.6 Å². The average Bonchev–Trinajstić information content (AvgIpc) is 2.44. The zero-order chi connectivity index (χ0) is 13.1. The largest absolute Gasteiger partial charge is 0.467 e. The molecule has 0 saturated heterocycles. The van der Waals surface area contributed by atoms with Crippen LogP contribution in [0.5, 0.6) is 0 Å².